The van der Waals surface area contributed by atoms with Crippen molar-refractivity contribution in [2.75, 3.05) is 25.4 Å². The lowest BCUT2D eigenvalue weighted by molar-refractivity contribution is -0.131. The molecule has 3 fully saturated rings. The number of nitriles is 1. The number of carbonyl (C=O) groups excluding carboxylic acids is 1. The van der Waals surface area contributed by atoms with Crippen molar-refractivity contribution in [2.45, 2.75) is 63.0 Å². The van der Waals surface area contributed by atoms with Crippen molar-refractivity contribution in [3.8, 4) is 11.8 Å². The molecule has 0 bridgehead atoms. The Morgan fingerprint density at radius 2 is 2.03 bits per heavy atom. The van der Waals surface area contributed by atoms with Crippen molar-refractivity contribution in [3.05, 3.63) is 29.8 Å². The summed E-state index contributed by atoms with van der Waals surface area (Å²) in [6.45, 7) is 5.36. The summed E-state index contributed by atoms with van der Waals surface area (Å²) < 4.78 is 5.58. The molecule has 3 aliphatic rings. The summed E-state index contributed by atoms with van der Waals surface area (Å²) in [5.41, 5.74) is 1.15. The minimum absolute atomic E-state index is 0.0852. The number of thioether (sulfide) groups is 1. The van der Waals surface area contributed by atoms with Gasteiger partial charge in [0.15, 0.2) is 6.61 Å². The van der Waals surface area contributed by atoms with E-state index in [0.717, 1.165) is 56.0 Å². The molecule has 31 heavy (non-hydrogen) atoms. The number of hydrogen-bond acceptors (Lipinski definition) is 6. The second kappa shape index (κ2) is 10.7. The molecule has 2 aliphatic heterocycles. The van der Waals surface area contributed by atoms with E-state index in [-0.39, 0.29) is 24.6 Å². The molecule has 1 aromatic carbocycles. The van der Waals surface area contributed by atoms with E-state index in [4.69, 9.17) is 10.00 Å². The fourth-order valence-corrected chi connectivity index (χ4v) is 6.41. The van der Waals surface area contributed by atoms with Crippen LogP contribution in [0, 0.1) is 23.2 Å². The van der Waals surface area contributed by atoms with Crippen molar-refractivity contribution in [2.24, 2.45) is 11.8 Å². The van der Waals surface area contributed by atoms with Crippen LogP contribution in [0.1, 0.15) is 44.6 Å². The highest BCUT2D eigenvalue weighted by Gasteiger charge is 2.40. The summed E-state index contributed by atoms with van der Waals surface area (Å²) in [6.07, 6.45) is 5.84. The van der Waals surface area contributed by atoms with Gasteiger partial charge in [-0.25, -0.2) is 0 Å². The van der Waals surface area contributed by atoms with Gasteiger partial charge in [0.25, 0.3) is 0 Å². The lowest BCUT2D eigenvalue weighted by Crippen LogP contribution is -2.65. The van der Waals surface area contributed by atoms with E-state index in [0.29, 0.717) is 17.2 Å². The molecule has 1 saturated carbocycles. The van der Waals surface area contributed by atoms with Crippen molar-refractivity contribution in [3.63, 3.8) is 0 Å². The number of para-hydroxylation sites is 1. The third-order valence-corrected chi connectivity index (χ3v) is 8.43. The predicted molar refractivity (Wildman–Crippen MR) is 124 cm³/mol. The van der Waals surface area contributed by atoms with Crippen LogP contribution in [0.2, 0.25) is 0 Å². The molecule has 2 N–H and O–H groups in total. The highest BCUT2D eigenvalue weighted by molar-refractivity contribution is 7.99. The van der Waals surface area contributed by atoms with Gasteiger partial charge in [-0.05, 0) is 50.8 Å². The Bertz CT molecular complexity index is 790. The van der Waals surface area contributed by atoms with Crippen LogP contribution in [0.4, 0.5) is 0 Å². The van der Waals surface area contributed by atoms with Gasteiger partial charge in [0, 0.05) is 29.2 Å². The summed E-state index contributed by atoms with van der Waals surface area (Å²) >= 11 is 2.00. The van der Waals surface area contributed by atoms with Crippen LogP contribution in [0.3, 0.4) is 0 Å². The average molecular weight is 443 g/mol. The summed E-state index contributed by atoms with van der Waals surface area (Å²) in [7, 11) is 0. The normalized spacial score (nSPS) is 29.6. The van der Waals surface area contributed by atoms with Crippen LogP contribution in [-0.4, -0.2) is 53.7 Å². The Morgan fingerprint density at radius 1 is 1.23 bits per heavy atom. The second-order valence-electron chi connectivity index (χ2n) is 9.13. The number of benzene rings is 1. The molecule has 0 aromatic heterocycles. The standard InChI is InChI=1S/C24H34N4O2S/c1-17-5-4-7-20-23(17)26-22(27-24(20)29)16-31-19-9-12-28(13-10-19)15-18-6-2-3-8-21(18)30-14-11-25/h2-3,6,8,17,19-20,22-23,26H,4-5,7,9-10,12-16H2,1H3,(H,27,29). The molecule has 7 heteroatoms. The van der Waals surface area contributed by atoms with Gasteiger partial charge in [-0.2, -0.15) is 17.0 Å². The maximum absolute atomic E-state index is 12.6. The van der Waals surface area contributed by atoms with Crippen molar-refractivity contribution >= 4 is 17.7 Å². The Balaban J connectivity index is 1.21. The van der Waals surface area contributed by atoms with Crippen molar-refractivity contribution in [1.82, 2.24) is 15.5 Å². The van der Waals surface area contributed by atoms with Crippen LogP contribution in [0.15, 0.2) is 24.3 Å². The topological polar surface area (TPSA) is 77.4 Å². The molecule has 168 valence electrons. The molecule has 1 aliphatic carbocycles. The zero-order valence-corrected chi connectivity index (χ0v) is 19.2. The van der Waals surface area contributed by atoms with E-state index in [1.54, 1.807) is 0 Å². The minimum atomic E-state index is 0.0852. The van der Waals surface area contributed by atoms with Gasteiger partial charge in [-0.15, -0.1) is 0 Å². The molecule has 2 heterocycles. The Labute approximate surface area is 190 Å². The minimum Gasteiger partial charge on any atom is -0.478 e. The smallest absolute Gasteiger partial charge is 0.225 e. The van der Waals surface area contributed by atoms with Gasteiger partial charge in [0.1, 0.15) is 11.8 Å². The van der Waals surface area contributed by atoms with Gasteiger partial charge < -0.3 is 10.1 Å². The zero-order chi connectivity index (χ0) is 21.6. The largest absolute Gasteiger partial charge is 0.478 e. The number of fused-ring (bicyclic) bond motifs is 1. The van der Waals surface area contributed by atoms with Crippen LogP contribution in [0.5, 0.6) is 5.75 Å². The van der Waals surface area contributed by atoms with E-state index in [1.165, 1.54) is 12.8 Å². The van der Waals surface area contributed by atoms with Gasteiger partial charge in [0.2, 0.25) is 5.91 Å². The lowest BCUT2D eigenvalue weighted by atomic mass is 9.76. The van der Waals surface area contributed by atoms with Crippen LogP contribution < -0.4 is 15.4 Å². The zero-order valence-electron chi connectivity index (χ0n) is 18.4. The first-order chi connectivity index (χ1) is 15.1. The molecular formula is C24H34N4O2S. The second-order valence-corrected chi connectivity index (χ2v) is 10.5. The van der Waals surface area contributed by atoms with Gasteiger partial charge in [-0.1, -0.05) is 31.5 Å². The van der Waals surface area contributed by atoms with Crippen LogP contribution >= 0.6 is 11.8 Å². The van der Waals surface area contributed by atoms with E-state index >= 15 is 0 Å². The van der Waals surface area contributed by atoms with Gasteiger partial charge >= 0.3 is 0 Å². The maximum Gasteiger partial charge on any atom is 0.225 e. The van der Waals surface area contributed by atoms with Crippen LogP contribution in [-0.2, 0) is 11.3 Å². The first-order valence-corrected chi connectivity index (χ1v) is 12.7. The Hall–Kier alpha value is -1.75. The molecule has 4 rings (SSSR count). The quantitative estimate of drug-likeness (QED) is 0.676. The van der Waals surface area contributed by atoms with Crippen molar-refractivity contribution in [1.29, 1.82) is 5.26 Å². The SMILES string of the molecule is CC1CCCC2C(=O)NC(CSC3CCN(Cc4ccccc4OCC#N)CC3)NC12. The maximum atomic E-state index is 12.6. The number of carbonyl (C=O) groups is 1. The lowest BCUT2D eigenvalue weighted by Gasteiger charge is -2.43. The van der Waals surface area contributed by atoms with Gasteiger partial charge in [-0.3, -0.25) is 15.0 Å². The Kier molecular flexibility index (Phi) is 7.76. The number of amides is 1. The fourth-order valence-electron chi connectivity index (χ4n) is 5.23. The number of hydrogen-bond donors (Lipinski definition) is 2. The molecule has 1 aromatic rings. The van der Waals surface area contributed by atoms with E-state index in [1.807, 2.05) is 36.0 Å². The van der Waals surface area contributed by atoms with Crippen molar-refractivity contribution < 1.29 is 9.53 Å². The molecule has 6 nitrogen and oxygen atoms in total. The van der Waals surface area contributed by atoms with E-state index in [9.17, 15) is 4.79 Å². The first-order valence-electron chi connectivity index (χ1n) is 11.6. The third-order valence-electron chi connectivity index (χ3n) is 6.96. The number of nitrogens with one attached hydrogen (secondary N) is 2. The molecule has 0 radical (unpaired) electrons. The van der Waals surface area contributed by atoms with E-state index < -0.39 is 0 Å². The number of ether oxygens (including phenoxy) is 1. The monoisotopic (exact) mass is 442 g/mol. The highest BCUT2D eigenvalue weighted by atomic mass is 32.2. The number of nitrogens with zero attached hydrogens (tertiary/aromatic N) is 2. The summed E-state index contributed by atoms with van der Waals surface area (Å²) in [5, 5.41) is 16.4. The molecule has 2 saturated heterocycles. The highest BCUT2D eigenvalue weighted by Crippen LogP contribution is 2.33. The van der Waals surface area contributed by atoms with Gasteiger partial charge in [0.05, 0.1) is 12.1 Å². The van der Waals surface area contributed by atoms with E-state index in [2.05, 4.69) is 28.5 Å². The fraction of sp³-hybridized carbons (Fsp3) is 0.667. The molecular weight excluding hydrogens is 408 g/mol. The first kappa shape index (κ1) is 22.4. The summed E-state index contributed by atoms with van der Waals surface area (Å²) in [6, 6.07) is 10.4. The third kappa shape index (κ3) is 5.74. The van der Waals surface area contributed by atoms with Crippen LogP contribution in [0.25, 0.3) is 0 Å². The molecule has 4 atom stereocenters. The number of likely N-dealkylation sites (tertiary alicyclic amines) is 1. The average Bonchev–Trinajstić information content (AvgIpc) is 2.79. The summed E-state index contributed by atoms with van der Waals surface area (Å²) in [4.78, 5) is 15.0. The predicted octanol–water partition coefficient (Wildman–Crippen LogP) is 3.14. The molecule has 1 amide bonds. The Morgan fingerprint density at radius 3 is 2.84 bits per heavy atom. The summed E-state index contributed by atoms with van der Waals surface area (Å²) in [5.74, 6) is 2.76. The number of piperidine rings is 1. The molecule has 0 spiro atoms. The number of rotatable bonds is 7. The molecule has 4 unspecified atom stereocenters.